The highest BCUT2D eigenvalue weighted by atomic mass is 35.5. The summed E-state index contributed by atoms with van der Waals surface area (Å²) in [6.07, 6.45) is 2.36. The number of nitrogens with one attached hydrogen (secondary N) is 1. The number of aryl methyl sites for hydroxylation is 1. The molecule has 1 amide bonds. The SMILES string of the molecule is Cc1cc(C=C2C(=N)N3N=C(Cc4ccccc4)SC3=NC2=O)c(C)n1-c1ccc(Cl)cc1. The van der Waals surface area contributed by atoms with Gasteiger partial charge in [0.05, 0.1) is 5.57 Å². The number of amides is 1. The van der Waals surface area contributed by atoms with Crippen molar-refractivity contribution in [3.8, 4) is 5.69 Å². The number of benzene rings is 2. The highest BCUT2D eigenvalue weighted by Crippen LogP contribution is 2.31. The van der Waals surface area contributed by atoms with Crippen LogP contribution in [0.4, 0.5) is 0 Å². The number of thioether (sulfide) groups is 1. The van der Waals surface area contributed by atoms with Gasteiger partial charge in [0.25, 0.3) is 5.91 Å². The van der Waals surface area contributed by atoms with E-state index in [1.807, 2.05) is 74.5 Å². The molecular formula is C25H20ClN5OS. The molecule has 0 unspecified atom stereocenters. The average molecular weight is 474 g/mol. The zero-order valence-electron chi connectivity index (χ0n) is 18.0. The molecule has 0 spiro atoms. The first-order valence-electron chi connectivity index (χ1n) is 10.4. The van der Waals surface area contributed by atoms with Gasteiger partial charge in [-0.15, -0.1) is 0 Å². The number of aliphatic imine (C=N–C) groups is 1. The number of halogens is 1. The highest BCUT2D eigenvalue weighted by molar-refractivity contribution is 8.26. The van der Waals surface area contributed by atoms with E-state index in [2.05, 4.69) is 14.7 Å². The van der Waals surface area contributed by atoms with Crippen LogP contribution in [-0.4, -0.2) is 31.5 Å². The zero-order chi connectivity index (χ0) is 23.1. The lowest BCUT2D eigenvalue weighted by Gasteiger charge is -2.20. The third-order valence-corrected chi connectivity index (χ3v) is 6.71. The molecule has 1 aromatic heterocycles. The maximum Gasteiger partial charge on any atom is 0.283 e. The van der Waals surface area contributed by atoms with E-state index in [1.165, 1.54) is 16.8 Å². The number of carbonyl (C=O) groups excluding carboxylic acids is 1. The molecular weight excluding hydrogens is 454 g/mol. The molecule has 0 saturated carbocycles. The van der Waals surface area contributed by atoms with Crippen LogP contribution in [0.2, 0.25) is 5.02 Å². The summed E-state index contributed by atoms with van der Waals surface area (Å²) in [6.45, 7) is 3.99. The first-order chi connectivity index (χ1) is 15.9. The van der Waals surface area contributed by atoms with E-state index in [0.29, 0.717) is 16.6 Å². The fourth-order valence-electron chi connectivity index (χ4n) is 3.95. The van der Waals surface area contributed by atoms with Gasteiger partial charge in [0.2, 0.25) is 5.17 Å². The monoisotopic (exact) mass is 473 g/mol. The largest absolute Gasteiger partial charge is 0.318 e. The summed E-state index contributed by atoms with van der Waals surface area (Å²) < 4.78 is 2.09. The Morgan fingerprint density at radius 1 is 1.09 bits per heavy atom. The Balaban J connectivity index is 1.46. The molecule has 0 bridgehead atoms. The molecule has 164 valence electrons. The van der Waals surface area contributed by atoms with E-state index in [-0.39, 0.29) is 11.4 Å². The number of hydrazone groups is 1. The summed E-state index contributed by atoms with van der Waals surface area (Å²) >= 11 is 7.37. The minimum Gasteiger partial charge on any atom is -0.318 e. The van der Waals surface area contributed by atoms with Crippen molar-refractivity contribution in [2.24, 2.45) is 10.1 Å². The minimum absolute atomic E-state index is 0.0388. The van der Waals surface area contributed by atoms with E-state index in [1.54, 1.807) is 6.08 Å². The molecule has 1 N–H and O–H groups in total. The van der Waals surface area contributed by atoms with Crippen LogP contribution < -0.4 is 0 Å². The van der Waals surface area contributed by atoms with Crippen molar-refractivity contribution in [3.05, 3.63) is 93.8 Å². The summed E-state index contributed by atoms with van der Waals surface area (Å²) in [5, 5.41) is 16.6. The van der Waals surface area contributed by atoms with Gasteiger partial charge < -0.3 is 4.57 Å². The van der Waals surface area contributed by atoms with Crippen LogP contribution in [0, 0.1) is 19.3 Å². The lowest BCUT2D eigenvalue weighted by Crippen LogP contribution is -2.35. The van der Waals surface area contributed by atoms with E-state index in [9.17, 15) is 4.79 Å². The van der Waals surface area contributed by atoms with Gasteiger partial charge in [0.1, 0.15) is 5.04 Å². The molecule has 2 aliphatic rings. The summed E-state index contributed by atoms with van der Waals surface area (Å²) in [6, 6.07) is 19.6. The van der Waals surface area contributed by atoms with Crippen LogP contribution in [0.1, 0.15) is 22.5 Å². The second-order valence-corrected chi connectivity index (χ2v) is 9.29. The standard InChI is InChI=1S/C25H20ClN5OS/c1-15-12-18(16(2)30(15)20-10-8-19(26)9-11-20)14-21-23(27)31-25(28-24(21)32)33-22(29-31)13-17-6-4-3-5-7-17/h3-12,14,27H,13H2,1-2H3. The Hall–Kier alpha value is -3.42. The first-order valence-corrected chi connectivity index (χ1v) is 11.6. The normalized spacial score (nSPS) is 16.8. The van der Waals surface area contributed by atoms with E-state index in [0.717, 1.165) is 33.2 Å². The predicted molar refractivity (Wildman–Crippen MR) is 135 cm³/mol. The number of nitrogens with zero attached hydrogens (tertiary/aromatic N) is 4. The zero-order valence-corrected chi connectivity index (χ0v) is 19.6. The van der Waals surface area contributed by atoms with Crippen molar-refractivity contribution in [1.82, 2.24) is 9.58 Å². The summed E-state index contributed by atoms with van der Waals surface area (Å²) in [5.41, 5.74) is 5.15. The number of aromatic nitrogens is 1. The topological polar surface area (TPSA) is 73.8 Å². The first kappa shape index (κ1) is 21.4. The Bertz CT molecular complexity index is 1370. The van der Waals surface area contributed by atoms with Gasteiger partial charge in [-0.05, 0) is 73.1 Å². The number of hydrogen-bond donors (Lipinski definition) is 1. The van der Waals surface area contributed by atoms with Crippen molar-refractivity contribution in [3.63, 3.8) is 0 Å². The van der Waals surface area contributed by atoms with Gasteiger partial charge >= 0.3 is 0 Å². The van der Waals surface area contributed by atoms with Gasteiger partial charge in [-0.25, -0.2) is 0 Å². The van der Waals surface area contributed by atoms with E-state index in [4.69, 9.17) is 17.0 Å². The Labute approximate surface area is 200 Å². The summed E-state index contributed by atoms with van der Waals surface area (Å²) in [7, 11) is 0. The average Bonchev–Trinajstić information content (AvgIpc) is 3.32. The molecule has 6 nitrogen and oxygen atoms in total. The molecule has 0 radical (unpaired) electrons. The van der Waals surface area contributed by atoms with Crippen molar-refractivity contribution in [2.45, 2.75) is 20.3 Å². The fourth-order valence-corrected chi connectivity index (χ4v) is 5.00. The third-order valence-electron chi connectivity index (χ3n) is 5.55. The third kappa shape index (κ3) is 4.05. The van der Waals surface area contributed by atoms with Crippen LogP contribution in [0.3, 0.4) is 0 Å². The molecule has 5 rings (SSSR count). The highest BCUT2D eigenvalue weighted by Gasteiger charge is 2.35. The smallest absolute Gasteiger partial charge is 0.283 e. The lowest BCUT2D eigenvalue weighted by molar-refractivity contribution is -0.114. The van der Waals surface area contributed by atoms with Gasteiger partial charge in [0, 0.05) is 28.5 Å². The van der Waals surface area contributed by atoms with Gasteiger partial charge in [-0.2, -0.15) is 15.1 Å². The van der Waals surface area contributed by atoms with E-state index < -0.39 is 5.91 Å². The van der Waals surface area contributed by atoms with Crippen LogP contribution >= 0.6 is 23.4 Å². The number of amidine groups is 2. The van der Waals surface area contributed by atoms with Crippen LogP contribution in [0.25, 0.3) is 11.8 Å². The van der Waals surface area contributed by atoms with Crippen molar-refractivity contribution >= 4 is 51.4 Å². The van der Waals surface area contributed by atoms with Crippen molar-refractivity contribution in [2.75, 3.05) is 0 Å². The number of fused-ring (bicyclic) bond motifs is 1. The molecule has 2 aliphatic heterocycles. The van der Waals surface area contributed by atoms with Crippen molar-refractivity contribution in [1.29, 1.82) is 5.41 Å². The molecule has 3 aromatic rings. The predicted octanol–water partition coefficient (Wildman–Crippen LogP) is 5.61. The Kier molecular flexibility index (Phi) is 5.52. The van der Waals surface area contributed by atoms with Crippen LogP contribution in [0.15, 0.2) is 76.3 Å². The second kappa shape index (κ2) is 8.50. The number of carbonyl (C=O) groups is 1. The maximum absolute atomic E-state index is 12.8. The van der Waals surface area contributed by atoms with Gasteiger partial charge in [0.15, 0.2) is 5.84 Å². The Morgan fingerprint density at radius 3 is 2.55 bits per heavy atom. The molecule has 0 fully saturated rings. The fraction of sp³-hybridized carbons (Fsp3) is 0.120. The summed E-state index contributed by atoms with van der Waals surface area (Å²) in [4.78, 5) is 17.0. The minimum atomic E-state index is -0.425. The van der Waals surface area contributed by atoms with Gasteiger partial charge in [-0.1, -0.05) is 41.9 Å². The molecule has 33 heavy (non-hydrogen) atoms. The Morgan fingerprint density at radius 2 is 1.82 bits per heavy atom. The van der Waals surface area contributed by atoms with Crippen LogP contribution in [-0.2, 0) is 11.2 Å². The van der Waals surface area contributed by atoms with Crippen LogP contribution in [0.5, 0.6) is 0 Å². The maximum atomic E-state index is 12.8. The molecule has 0 aliphatic carbocycles. The van der Waals surface area contributed by atoms with Crippen molar-refractivity contribution < 1.29 is 4.79 Å². The molecule has 8 heteroatoms. The van der Waals surface area contributed by atoms with E-state index >= 15 is 0 Å². The second-order valence-electron chi connectivity index (χ2n) is 7.81. The number of rotatable bonds is 4. The van der Waals surface area contributed by atoms with Gasteiger partial charge in [-0.3, -0.25) is 10.2 Å². The quantitative estimate of drug-likeness (QED) is 0.500. The number of hydrogen-bond acceptors (Lipinski definition) is 4. The lowest BCUT2D eigenvalue weighted by atomic mass is 10.1. The molecule has 0 atom stereocenters. The molecule has 3 heterocycles. The summed E-state index contributed by atoms with van der Waals surface area (Å²) in [5.74, 6) is -0.386. The molecule has 0 saturated heterocycles. The molecule has 2 aromatic carbocycles.